The molecule has 0 aromatic carbocycles. The molecule has 0 bridgehead atoms. The van der Waals surface area contributed by atoms with Crippen molar-refractivity contribution in [2.24, 2.45) is 5.92 Å². The van der Waals surface area contributed by atoms with E-state index in [-0.39, 0.29) is 18.0 Å². The van der Waals surface area contributed by atoms with Crippen molar-refractivity contribution in [1.82, 2.24) is 0 Å². The van der Waals surface area contributed by atoms with Gasteiger partial charge in [-0.1, -0.05) is 33.1 Å². The summed E-state index contributed by atoms with van der Waals surface area (Å²) in [4.78, 5) is 11.3. The summed E-state index contributed by atoms with van der Waals surface area (Å²) in [6, 6.07) is 0. The first kappa shape index (κ1) is 11.5. The van der Waals surface area contributed by atoms with Crippen LogP contribution in [-0.4, -0.2) is 12.1 Å². The van der Waals surface area contributed by atoms with E-state index in [2.05, 4.69) is 13.8 Å². The van der Waals surface area contributed by atoms with Crippen LogP contribution in [0.1, 0.15) is 58.8 Å². The predicted molar refractivity (Wildman–Crippen MR) is 57.0 cm³/mol. The number of hydrogen-bond acceptors (Lipinski definition) is 2. The van der Waals surface area contributed by atoms with Gasteiger partial charge in [0.05, 0.1) is 5.92 Å². The van der Waals surface area contributed by atoms with Crippen molar-refractivity contribution < 1.29 is 9.53 Å². The molecule has 1 heterocycles. The molecule has 14 heavy (non-hydrogen) atoms. The number of hydrogen-bond donors (Lipinski definition) is 0. The zero-order valence-corrected chi connectivity index (χ0v) is 9.42. The molecule has 2 heteroatoms. The Balaban J connectivity index is 2.12. The number of unbranched alkanes of at least 4 members (excludes halogenated alkanes) is 3. The van der Waals surface area contributed by atoms with E-state index in [1.165, 1.54) is 25.7 Å². The van der Waals surface area contributed by atoms with E-state index in [1.54, 1.807) is 0 Å². The maximum Gasteiger partial charge on any atom is 0.309 e. The van der Waals surface area contributed by atoms with E-state index in [1.807, 2.05) is 0 Å². The Morgan fingerprint density at radius 2 is 2.07 bits per heavy atom. The third kappa shape index (κ3) is 3.32. The van der Waals surface area contributed by atoms with Crippen LogP contribution in [0.2, 0.25) is 0 Å². The second-order valence-electron chi connectivity index (χ2n) is 4.25. The van der Waals surface area contributed by atoms with Crippen LogP contribution in [0.5, 0.6) is 0 Å². The van der Waals surface area contributed by atoms with Gasteiger partial charge in [-0.3, -0.25) is 4.79 Å². The molecule has 1 aliphatic rings. The largest absolute Gasteiger partial charge is 0.462 e. The second kappa shape index (κ2) is 6.05. The van der Waals surface area contributed by atoms with Gasteiger partial charge < -0.3 is 4.74 Å². The highest BCUT2D eigenvalue weighted by Crippen LogP contribution is 2.27. The van der Waals surface area contributed by atoms with Gasteiger partial charge >= 0.3 is 5.97 Å². The topological polar surface area (TPSA) is 26.3 Å². The van der Waals surface area contributed by atoms with Crippen molar-refractivity contribution in [3.8, 4) is 0 Å². The molecule has 1 aliphatic heterocycles. The molecule has 0 aliphatic carbocycles. The summed E-state index contributed by atoms with van der Waals surface area (Å²) in [5, 5.41) is 0. The molecule has 82 valence electrons. The zero-order chi connectivity index (χ0) is 10.4. The lowest BCUT2D eigenvalue weighted by atomic mass is 9.99. The van der Waals surface area contributed by atoms with Crippen LogP contribution in [0.4, 0.5) is 0 Å². The van der Waals surface area contributed by atoms with Crippen LogP contribution in [0, 0.1) is 5.92 Å². The fourth-order valence-corrected chi connectivity index (χ4v) is 2.03. The monoisotopic (exact) mass is 198 g/mol. The number of esters is 1. The maximum absolute atomic E-state index is 11.3. The molecule has 1 rings (SSSR count). The molecule has 0 spiro atoms. The molecule has 0 amide bonds. The van der Waals surface area contributed by atoms with Gasteiger partial charge in [-0.05, 0) is 25.7 Å². The van der Waals surface area contributed by atoms with E-state index >= 15 is 0 Å². The van der Waals surface area contributed by atoms with Crippen molar-refractivity contribution in [2.45, 2.75) is 64.9 Å². The molecule has 0 saturated carbocycles. The summed E-state index contributed by atoms with van der Waals surface area (Å²) < 4.78 is 5.31. The van der Waals surface area contributed by atoms with Gasteiger partial charge in [0.2, 0.25) is 0 Å². The zero-order valence-electron chi connectivity index (χ0n) is 9.42. The minimum Gasteiger partial charge on any atom is -0.462 e. The summed E-state index contributed by atoms with van der Waals surface area (Å²) in [7, 11) is 0. The summed E-state index contributed by atoms with van der Waals surface area (Å²) in [6.45, 7) is 4.27. The molecular weight excluding hydrogens is 176 g/mol. The van der Waals surface area contributed by atoms with Crippen molar-refractivity contribution in [1.29, 1.82) is 0 Å². The van der Waals surface area contributed by atoms with Crippen LogP contribution < -0.4 is 0 Å². The van der Waals surface area contributed by atoms with Crippen molar-refractivity contribution in [2.75, 3.05) is 0 Å². The smallest absolute Gasteiger partial charge is 0.309 e. The number of carbonyl (C=O) groups excluding carboxylic acids is 1. The van der Waals surface area contributed by atoms with E-state index in [9.17, 15) is 4.79 Å². The van der Waals surface area contributed by atoms with Crippen LogP contribution >= 0.6 is 0 Å². The molecule has 0 aromatic rings. The SMILES string of the molecule is CCCCCC[C@H]1C[C@H](CC)C(=O)O1. The number of carbonyl (C=O) groups is 1. The molecule has 1 fully saturated rings. The van der Waals surface area contributed by atoms with Gasteiger partial charge in [0.15, 0.2) is 0 Å². The maximum atomic E-state index is 11.3. The Hall–Kier alpha value is -0.530. The normalized spacial score (nSPS) is 26.6. The quantitative estimate of drug-likeness (QED) is 0.483. The van der Waals surface area contributed by atoms with Gasteiger partial charge in [0, 0.05) is 0 Å². The lowest BCUT2D eigenvalue weighted by Crippen LogP contribution is -2.06. The van der Waals surface area contributed by atoms with Crippen LogP contribution in [0.15, 0.2) is 0 Å². The third-order valence-corrected chi connectivity index (χ3v) is 3.04. The molecule has 2 atom stereocenters. The van der Waals surface area contributed by atoms with Crippen molar-refractivity contribution in [3.05, 3.63) is 0 Å². The molecule has 0 aromatic heterocycles. The summed E-state index contributed by atoms with van der Waals surface area (Å²) in [5.41, 5.74) is 0. The Bertz CT molecular complexity index is 177. The van der Waals surface area contributed by atoms with E-state index in [4.69, 9.17) is 4.74 Å². The second-order valence-corrected chi connectivity index (χ2v) is 4.25. The number of cyclic esters (lactones) is 1. The third-order valence-electron chi connectivity index (χ3n) is 3.04. The highest BCUT2D eigenvalue weighted by Gasteiger charge is 2.32. The summed E-state index contributed by atoms with van der Waals surface area (Å²) in [6.07, 6.45) is 8.25. The molecule has 1 saturated heterocycles. The van der Waals surface area contributed by atoms with E-state index in [0.29, 0.717) is 0 Å². The molecule has 0 radical (unpaired) electrons. The minimum atomic E-state index is 0.0352. The first-order valence-corrected chi connectivity index (χ1v) is 5.98. The number of ether oxygens (including phenoxy) is 1. The molecule has 0 N–H and O–H groups in total. The minimum absolute atomic E-state index is 0.0352. The average molecular weight is 198 g/mol. The standard InChI is InChI=1S/C12H22O2/c1-3-5-6-7-8-11-9-10(4-2)12(13)14-11/h10-11H,3-9H2,1-2H3/t10-,11-/m0/s1. The summed E-state index contributed by atoms with van der Waals surface area (Å²) in [5.74, 6) is 0.221. The lowest BCUT2D eigenvalue weighted by Gasteiger charge is -2.07. The Morgan fingerprint density at radius 3 is 2.64 bits per heavy atom. The Kier molecular flexibility index (Phi) is 4.99. The van der Waals surface area contributed by atoms with Gasteiger partial charge in [-0.25, -0.2) is 0 Å². The van der Waals surface area contributed by atoms with Crippen molar-refractivity contribution >= 4 is 5.97 Å². The lowest BCUT2D eigenvalue weighted by molar-refractivity contribution is -0.144. The average Bonchev–Trinajstić information content (AvgIpc) is 2.54. The Labute approximate surface area is 87.0 Å². The molecule has 2 nitrogen and oxygen atoms in total. The summed E-state index contributed by atoms with van der Waals surface area (Å²) >= 11 is 0. The molecular formula is C12H22O2. The fraction of sp³-hybridized carbons (Fsp3) is 0.917. The van der Waals surface area contributed by atoms with Gasteiger partial charge in [0.1, 0.15) is 6.10 Å². The van der Waals surface area contributed by atoms with Crippen LogP contribution in [0.3, 0.4) is 0 Å². The highest BCUT2D eigenvalue weighted by molar-refractivity contribution is 5.74. The van der Waals surface area contributed by atoms with Crippen LogP contribution in [0.25, 0.3) is 0 Å². The highest BCUT2D eigenvalue weighted by atomic mass is 16.5. The Morgan fingerprint density at radius 1 is 1.29 bits per heavy atom. The predicted octanol–water partition coefficient (Wildman–Crippen LogP) is 3.30. The van der Waals surface area contributed by atoms with E-state index in [0.717, 1.165) is 19.3 Å². The van der Waals surface area contributed by atoms with E-state index < -0.39 is 0 Å². The first-order chi connectivity index (χ1) is 6.77. The van der Waals surface area contributed by atoms with Crippen LogP contribution in [-0.2, 0) is 9.53 Å². The fourth-order valence-electron chi connectivity index (χ4n) is 2.03. The first-order valence-electron chi connectivity index (χ1n) is 5.98. The molecule has 0 unspecified atom stereocenters. The van der Waals surface area contributed by atoms with Gasteiger partial charge in [0.25, 0.3) is 0 Å². The van der Waals surface area contributed by atoms with Crippen molar-refractivity contribution in [3.63, 3.8) is 0 Å². The van der Waals surface area contributed by atoms with Gasteiger partial charge in [-0.2, -0.15) is 0 Å². The number of rotatable bonds is 6. The van der Waals surface area contributed by atoms with Gasteiger partial charge in [-0.15, -0.1) is 0 Å².